The Kier molecular flexibility index (Phi) is 4.23. The van der Waals surface area contributed by atoms with Crippen molar-refractivity contribution in [2.24, 2.45) is 0 Å². The molecule has 0 heterocycles. The fraction of sp³-hybridized carbons (Fsp3) is 0.800. The Labute approximate surface area is 84.3 Å². The van der Waals surface area contributed by atoms with E-state index in [-0.39, 0.29) is 18.2 Å². The van der Waals surface area contributed by atoms with Crippen molar-refractivity contribution in [3.05, 3.63) is 0 Å². The molecule has 4 heteroatoms. The fourth-order valence-corrected chi connectivity index (χ4v) is 1.15. The highest BCUT2D eigenvalue weighted by atomic mass is 19.1. The molecule has 0 aliphatic heterocycles. The van der Waals surface area contributed by atoms with Crippen molar-refractivity contribution in [2.45, 2.75) is 45.8 Å². The number of ketones is 1. The van der Waals surface area contributed by atoms with Crippen LogP contribution in [0.3, 0.4) is 0 Å². The van der Waals surface area contributed by atoms with Crippen LogP contribution in [0, 0.1) is 0 Å². The van der Waals surface area contributed by atoms with Gasteiger partial charge in [-0.3, -0.25) is 9.59 Å². The second-order valence-corrected chi connectivity index (χ2v) is 4.09. The number of carbonyl (C=O) groups is 2. The molecule has 82 valence electrons. The molecule has 3 nitrogen and oxygen atoms in total. The van der Waals surface area contributed by atoms with E-state index in [1.165, 1.54) is 18.9 Å². The molecule has 14 heavy (non-hydrogen) atoms. The molecule has 0 aliphatic rings. The van der Waals surface area contributed by atoms with Gasteiger partial charge in [0.05, 0.1) is 0 Å². The topological polar surface area (TPSA) is 37.4 Å². The molecule has 0 aromatic carbocycles. The van der Waals surface area contributed by atoms with E-state index < -0.39 is 11.6 Å². The third kappa shape index (κ3) is 3.44. The lowest BCUT2D eigenvalue weighted by Gasteiger charge is -2.28. The first-order valence-corrected chi connectivity index (χ1v) is 4.64. The zero-order valence-electron chi connectivity index (χ0n) is 9.43. The van der Waals surface area contributed by atoms with Gasteiger partial charge in [0.25, 0.3) is 5.91 Å². The van der Waals surface area contributed by atoms with Crippen LogP contribution in [0.15, 0.2) is 0 Å². The molecule has 0 aromatic rings. The number of hydrogen-bond acceptors (Lipinski definition) is 2. The average molecular weight is 203 g/mol. The maximum atomic E-state index is 13.7. The summed E-state index contributed by atoms with van der Waals surface area (Å²) in [6.07, 6.45) is -0.358. The minimum absolute atomic E-state index is 0.0652. The van der Waals surface area contributed by atoms with Crippen LogP contribution in [0.2, 0.25) is 0 Å². The summed E-state index contributed by atoms with van der Waals surface area (Å²) in [5, 5.41) is 0. The third-order valence-electron chi connectivity index (χ3n) is 2.12. The van der Waals surface area contributed by atoms with Crippen molar-refractivity contribution in [2.75, 3.05) is 7.05 Å². The number of rotatable bonds is 4. The van der Waals surface area contributed by atoms with Crippen LogP contribution in [0.1, 0.15) is 34.1 Å². The standard InChI is InChI=1S/C10H18FNO2/c1-7(2)12(5)9(14)10(4,11)6-8(3)13/h7H,6H2,1-5H3. The van der Waals surface area contributed by atoms with E-state index in [4.69, 9.17) is 0 Å². The van der Waals surface area contributed by atoms with Crippen molar-refractivity contribution in [3.63, 3.8) is 0 Å². The van der Waals surface area contributed by atoms with Gasteiger partial charge in [-0.2, -0.15) is 0 Å². The van der Waals surface area contributed by atoms with Gasteiger partial charge in [-0.1, -0.05) is 0 Å². The number of nitrogens with zero attached hydrogens (tertiary/aromatic N) is 1. The Balaban J connectivity index is 4.57. The summed E-state index contributed by atoms with van der Waals surface area (Å²) in [5.41, 5.74) is -2.08. The van der Waals surface area contributed by atoms with E-state index in [1.54, 1.807) is 13.8 Å². The molecule has 0 spiro atoms. The van der Waals surface area contributed by atoms with E-state index in [2.05, 4.69) is 0 Å². The summed E-state index contributed by atoms with van der Waals surface area (Å²) in [6, 6.07) is -0.0652. The van der Waals surface area contributed by atoms with Crippen molar-refractivity contribution in [1.29, 1.82) is 0 Å². The predicted octanol–water partition coefficient (Wildman–Crippen LogP) is 1.56. The lowest BCUT2D eigenvalue weighted by Crippen LogP contribution is -2.46. The van der Waals surface area contributed by atoms with Gasteiger partial charge in [-0.15, -0.1) is 0 Å². The molecular formula is C10H18FNO2. The van der Waals surface area contributed by atoms with Crippen LogP contribution in [0.4, 0.5) is 4.39 Å². The van der Waals surface area contributed by atoms with Crippen LogP contribution < -0.4 is 0 Å². The van der Waals surface area contributed by atoms with Crippen molar-refractivity contribution in [1.82, 2.24) is 4.90 Å². The van der Waals surface area contributed by atoms with Crippen LogP contribution in [0.5, 0.6) is 0 Å². The Morgan fingerprint density at radius 1 is 1.43 bits per heavy atom. The first kappa shape index (κ1) is 13.1. The van der Waals surface area contributed by atoms with Gasteiger partial charge in [0.15, 0.2) is 5.67 Å². The highest BCUT2D eigenvalue weighted by Crippen LogP contribution is 2.19. The monoisotopic (exact) mass is 203 g/mol. The highest BCUT2D eigenvalue weighted by Gasteiger charge is 2.37. The third-order valence-corrected chi connectivity index (χ3v) is 2.12. The van der Waals surface area contributed by atoms with E-state index in [0.29, 0.717) is 0 Å². The van der Waals surface area contributed by atoms with Gasteiger partial charge < -0.3 is 4.90 Å². The molecule has 0 fully saturated rings. The molecule has 0 saturated heterocycles. The van der Waals surface area contributed by atoms with Gasteiger partial charge >= 0.3 is 0 Å². The Morgan fingerprint density at radius 3 is 2.14 bits per heavy atom. The zero-order valence-corrected chi connectivity index (χ0v) is 9.43. The minimum atomic E-state index is -2.08. The quantitative estimate of drug-likeness (QED) is 0.695. The van der Waals surface area contributed by atoms with Crippen LogP contribution in [-0.2, 0) is 9.59 Å². The van der Waals surface area contributed by atoms with E-state index in [1.807, 2.05) is 0 Å². The van der Waals surface area contributed by atoms with E-state index >= 15 is 0 Å². The summed E-state index contributed by atoms with van der Waals surface area (Å²) in [7, 11) is 1.53. The normalized spacial score (nSPS) is 15.1. The van der Waals surface area contributed by atoms with Gasteiger partial charge in [-0.25, -0.2) is 4.39 Å². The largest absolute Gasteiger partial charge is 0.341 e. The molecule has 0 radical (unpaired) electrons. The first-order valence-electron chi connectivity index (χ1n) is 4.64. The lowest BCUT2D eigenvalue weighted by atomic mass is 10.00. The van der Waals surface area contributed by atoms with Gasteiger partial charge in [0.1, 0.15) is 5.78 Å². The van der Waals surface area contributed by atoms with E-state index in [0.717, 1.165) is 6.92 Å². The molecule has 0 aromatic heterocycles. The maximum absolute atomic E-state index is 13.7. The fourth-order valence-electron chi connectivity index (χ4n) is 1.15. The highest BCUT2D eigenvalue weighted by molar-refractivity contribution is 5.90. The Hall–Kier alpha value is -0.930. The summed E-state index contributed by atoms with van der Waals surface area (Å²) in [5.74, 6) is -0.955. The molecule has 0 bridgehead atoms. The molecule has 1 amide bonds. The van der Waals surface area contributed by atoms with Gasteiger partial charge in [0, 0.05) is 19.5 Å². The minimum Gasteiger partial charge on any atom is -0.341 e. The average Bonchev–Trinajstić information content (AvgIpc) is 1.99. The number of amides is 1. The second-order valence-electron chi connectivity index (χ2n) is 4.09. The molecule has 0 aliphatic carbocycles. The van der Waals surface area contributed by atoms with Gasteiger partial charge in [-0.05, 0) is 27.7 Å². The lowest BCUT2D eigenvalue weighted by molar-refractivity contribution is -0.145. The molecule has 1 unspecified atom stereocenters. The number of carbonyl (C=O) groups excluding carboxylic acids is 2. The summed E-state index contributed by atoms with van der Waals surface area (Å²) in [4.78, 5) is 23.6. The molecule has 0 saturated carbocycles. The van der Waals surface area contributed by atoms with Crippen molar-refractivity contribution < 1.29 is 14.0 Å². The summed E-state index contributed by atoms with van der Waals surface area (Å²) >= 11 is 0. The molecule has 1 atom stereocenters. The summed E-state index contributed by atoms with van der Waals surface area (Å²) < 4.78 is 13.7. The van der Waals surface area contributed by atoms with Crippen LogP contribution in [-0.4, -0.2) is 35.3 Å². The first-order chi connectivity index (χ1) is 6.18. The number of alkyl halides is 1. The van der Waals surface area contributed by atoms with Gasteiger partial charge in [0.2, 0.25) is 0 Å². The SMILES string of the molecule is CC(=O)CC(C)(F)C(=O)N(C)C(C)C. The predicted molar refractivity (Wildman–Crippen MR) is 52.7 cm³/mol. The van der Waals surface area contributed by atoms with Crippen LogP contribution in [0.25, 0.3) is 0 Å². The second kappa shape index (κ2) is 4.53. The smallest absolute Gasteiger partial charge is 0.260 e. The van der Waals surface area contributed by atoms with Crippen LogP contribution >= 0.6 is 0 Å². The number of halogens is 1. The molecular weight excluding hydrogens is 185 g/mol. The number of hydrogen-bond donors (Lipinski definition) is 0. The van der Waals surface area contributed by atoms with Crippen molar-refractivity contribution >= 4 is 11.7 Å². The van der Waals surface area contributed by atoms with E-state index in [9.17, 15) is 14.0 Å². The molecule has 0 N–H and O–H groups in total. The van der Waals surface area contributed by atoms with Crippen molar-refractivity contribution in [3.8, 4) is 0 Å². The Morgan fingerprint density at radius 2 is 1.86 bits per heavy atom. The maximum Gasteiger partial charge on any atom is 0.260 e. The zero-order chi connectivity index (χ0) is 11.5. The molecule has 0 rings (SSSR count). The Bertz CT molecular complexity index is 236. The number of Topliss-reactive ketones (excluding diaryl/α,β-unsaturated/α-hetero) is 1. The summed E-state index contributed by atoms with van der Waals surface area (Å²) in [6.45, 7) is 6.01.